The smallest absolute Gasteiger partial charge is 0.190 e. The first-order valence-corrected chi connectivity index (χ1v) is 6.51. The molecule has 0 fully saturated rings. The Hall–Kier alpha value is -1.76. The average molecular weight is 301 g/mol. The van der Waals surface area contributed by atoms with Crippen molar-refractivity contribution in [2.75, 3.05) is 6.61 Å². The molecule has 0 heterocycles. The van der Waals surface area contributed by atoms with Crippen LogP contribution in [0.2, 0.25) is 0 Å². The van der Waals surface area contributed by atoms with Crippen LogP contribution in [0.4, 0.5) is 8.78 Å². The highest BCUT2D eigenvalue weighted by Crippen LogP contribution is 2.23. The highest BCUT2D eigenvalue weighted by Gasteiger charge is 2.12. The van der Waals surface area contributed by atoms with Crippen molar-refractivity contribution in [2.45, 2.75) is 20.3 Å². The minimum atomic E-state index is -0.773. The molecule has 0 aliphatic heterocycles. The lowest BCUT2D eigenvalue weighted by Crippen LogP contribution is -2.24. The Morgan fingerprint density at radius 3 is 2.55 bits per heavy atom. The summed E-state index contributed by atoms with van der Waals surface area (Å²) in [5.41, 5.74) is 7.69. The van der Waals surface area contributed by atoms with Gasteiger partial charge in [0.25, 0.3) is 0 Å². The van der Waals surface area contributed by atoms with Gasteiger partial charge in [-0.15, -0.1) is 0 Å². The number of benzene rings is 1. The van der Waals surface area contributed by atoms with Crippen molar-refractivity contribution in [1.29, 1.82) is 0 Å². The number of rotatable bonds is 6. The molecular formula is C13H17F2N3OS. The SMILES string of the molecule is CC(C)CCOc1c(F)cc(C=NNC(N)=S)cc1F. The molecule has 0 spiro atoms. The summed E-state index contributed by atoms with van der Waals surface area (Å²) in [6, 6.07) is 2.25. The van der Waals surface area contributed by atoms with Crippen molar-refractivity contribution >= 4 is 23.5 Å². The molecule has 0 radical (unpaired) electrons. The molecule has 0 aromatic heterocycles. The fourth-order valence-corrected chi connectivity index (χ4v) is 1.41. The summed E-state index contributed by atoms with van der Waals surface area (Å²) in [5, 5.41) is 3.59. The third-order valence-electron chi connectivity index (χ3n) is 2.35. The first kappa shape index (κ1) is 16.3. The fourth-order valence-electron chi connectivity index (χ4n) is 1.36. The zero-order valence-electron chi connectivity index (χ0n) is 11.3. The summed E-state index contributed by atoms with van der Waals surface area (Å²) >= 11 is 4.54. The van der Waals surface area contributed by atoms with Crippen LogP contribution in [0.15, 0.2) is 17.2 Å². The third-order valence-corrected chi connectivity index (χ3v) is 2.44. The van der Waals surface area contributed by atoms with Gasteiger partial charge < -0.3 is 10.5 Å². The van der Waals surface area contributed by atoms with Gasteiger partial charge in [-0.25, -0.2) is 8.78 Å². The molecule has 1 aromatic carbocycles. The molecule has 0 aliphatic rings. The normalized spacial score (nSPS) is 11.1. The number of nitrogens with one attached hydrogen (secondary N) is 1. The molecule has 4 nitrogen and oxygen atoms in total. The van der Waals surface area contributed by atoms with E-state index in [0.29, 0.717) is 5.92 Å². The Balaban J connectivity index is 2.75. The Labute approximate surface area is 122 Å². The predicted molar refractivity (Wildman–Crippen MR) is 78.8 cm³/mol. The lowest BCUT2D eigenvalue weighted by atomic mass is 10.1. The maximum Gasteiger partial charge on any atom is 0.190 e. The Morgan fingerprint density at radius 1 is 1.45 bits per heavy atom. The lowest BCUT2D eigenvalue weighted by molar-refractivity contribution is 0.263. The van der Waals surface area contributed by atoms with Gasteiger partial charge in [-0.1, -0.05) is 13.8 Å². The molecule has 1 rings (SSSR count). The molecule has 110 valence electrons. The maximum absolute atomic E-state index is 13.7. The van der Waals surface area contributed by atoms with E-state index < -0.39 is 11.6 Å². The molecule has 0 unspecified atom stereocenters. The summed E-state index contributed by atoms with van der Waals surface area (Å²) in [7, 11) is 0. The Bertz CT molecular complexity index is 483. The van der Waals surface area contributed by atoms with E-state index in [1.165, 1.54) is 6.21 Å². The van der Waals surface area contributed by atoms with Gasteiger partial charge in [-0.05, 0) is 36.7 Å². The first-order chi connectivity index (χ1) is 9.40. The van der Waals surface area contributed by atoms with Crippen molar-refractivity contribution in [2.24, 2.45) is 16.8 Å². The minimum Gasteiger partial charge on any atom is -0.488 e. The van der Waals surface area contributed by atoms with Gasteiger partial charge in [-0.3, -0.25) is 5.43 Å². The second-order valence-electron chi connectivity index (χ2n) is 4.58. The Kier molecular flexibility index (Phi) is 6.30. The third kappa shape index (κ3) is 5.48. The monoisotopic (exact) mass is 301 g/mol. The van der Waals surface area contributed by atoms with E-state index in [4.69, 9.17) is 10.5 Å². The summed E-state index contributed by atoms with van der Waals surface area (Å²) in [6.07, 6.45) is 1.93. The second-order valence-corrected chi connectivity index (χ2v) is 5.02. The van der Waals surface area contributed by atoms with E-state index in [-0.39, 0.29) is 23.0 Å². The highest BCUT2D eigenvalue weighted by molar-refractivity contribution is 7.80. The molecule has 0 aliphatic carbocycles. The van der Waals surface area contributed by atoms with E-state index in [2.05, 4.69) is 22.7 Å². The van der Waals surface area contributed by atoms with Crippen LogP contribution in [0, 0.1) is 17.6 Å². The average Bonchev–Trinajstić information content (AvgIpc) is 2.32. The highest BCUT2D eigenvalue weighted by atomic mass is 32.1. The van der Waals surface area contributed by atoms with Gasteiger partial charge >= 0.3 is 0 Å². The van der Waals surface area contributed by atoms with Gasteiger partial charge in [0.05, 0.1) is 12.8 Å². The second kappa shape index (κ2) is 7.74. The number of hydrogen-bond donors (Lipinski definition) is 2. The summed E-state index contributed by atoms with van der Waals surface area (Å²) < 4.78 is 32.6. The van der Waals surface area contributed by atoms with Gasteiger partial charge in [0.2, 0.25) is 0 Å². The van der Waals surface area contributed by atoms with E-state index in [1.54, 1.807) is 0 Å². The molecule has 0 bridgehead atoms. The van der Waals surface area contributed by atoms with Crippen LogP contribution in [0.25, 0.3) is 0 Å². The summed E-state index contributed by atoms with van der Waals surface area (Å²) in [6.45, 7) is 4.27. The largest absolute Gasteiger partial charge is 0.488 e. The van der Waals surface area contributed by atoms with Crippen LogP contribution in [-0.2, 0) is 0 Å². The van der Waals surface area contributed by atoms with Crippen molar-refractivity contribution in [1.82, 2.24) is 5.43 Å². The molecule has 0 atom stereocenters. The first-order valence-electron chi connectivity index (χ1n) is 6.10. The molecule has 3 N–H and O–H groups in total. The summed E-state index contributed by atoms with van der Waals surface area (Å²) in [5.74, 6) is -1.51. The van der Waals surface area contributed by atoms with E-state index in [9.17, 15) is 8.78 Å². The molecule has 1 aromatic rings. The standard InChI is InChI=1S/C13H17F2N3OS/c1-8(2)3-4-19-12-10(14)5-9(6-11(12)15)7-17-18-13(16)20/h5-8H,3-4H2,1-2H3,(H3,16,18,20). The van der Waals surface area contributed by atoms with Crippen LogP contribution in [0.1, 0.15) is 25.8 Å². The van der Waals surface area contributed by atoms with Gasteiger partial charge in [0.1, 0.15) is 0 Å². The molecular weight excluding hydrogens is 284 g/mol. The molecule has 0 saturated heterocycles. The van der Waals surface area contributed by atoms with Gasteiger partial charge in [-0.2, -0.15) is 5.10 Å². The van der Waals surface area contributed by atoms with E-state index in [1.807, 2.05) is 13.8 Å². The quantitative estimate of drug-likeness (QED) is 0.481. The van der Waals surface area contributed by atoms with E-state index >= 15 is 0 Å². The molecule has 0 saturated carbocycles. The van der Waals surface area contributed by atoms with Crippen LogP contribution in [-0.4, -0.2) is 17.9 Å². The lowest BCUT2D eigenvalue weighted by Gasteiger charge is -2.10. The van der Waals surface area contributed by atoms with Crippen molar-refractivity contribution in [3.05, 3.63) is 29.3 Å². The number of hydrogen-bond acceptors (Lipinski definition) is 3. The number of nitrogens with two attached hydrogens (primary N) is 1. The van der Waals surface area contributed by atoms with Crippen LogP contribution < -0.4 is 15.9 Å². The van der Waals surface area contributed by atoms with Crippen LogP contribution in [0.3, 0.4) is 0 Å². The number of hydrazone groups is 1. The Morgan fingerprint density at radius 2 is 2.05 bits per heavy atom. The number of ether oxygens (including phenoxy) is 1. The van der Waals surface area contributed by atoms with Crippen LogP contribution >= 0.6 is 12.2 Å². The zero-order chi connectivity index (χ0) is 15.1. The van der Waals surface area contributed by atoms with Crippen molar-refractivity contribution in [3.8, 4) is 5.75 Å². The van der Waals surface area contributed by atoms with Gasteiger partial charge in [0.15, 0.2) is 22.5 Å². The topological polar surface area (TPSA) is 59.6 Å². The van der Waals surface area contributed by atoms with Crippen molar-refractivity contribution < 1.29 is 13.5 Å². The van der Waals surface area contributed by atoms with Crippen LogP contribution in [0.5, 0.6) is 5.75 Å². The zero-order valence-corrected chi connectivity index (χ0v) is 12.1. The van der Waals surface area contributed by atoms with E-state index in [0.717, 1.165) is 18.6 Å². The number of thiocarbonyl (C=S) groups is 1. The summed E-state index contributed by atoms with van der Waals surface area (Å²) in [4.78, 5) is 0. The number of halogens is 2. The fraction of sp³-hybridized carbons (Fsp3) is 0.385. The minimum absolute atomic E-state index is 0.0316. The molecule has 20 heavy (non-hydrogen) atoms. The molecule has 7 heteroatoms. The maximum atomic E-state index is 13.7. The predicted octanol–water partition coefficient (Wildman–Crippen LogP) is 2.56. The van der Waals surface area contributed by atoms with Crippen molar-refractivity contribution in [3.63, 3.8) is 0 Å². The molecule has 0 amide bonds. The number of nitrogens with zero attached hydrogens (tertiary/aromatic N) is 1. The van der Waals surface area contributed by atoms with Gasteiger partial charge in [0, 0.05) is 5.56 Å².